The Bertz CT molecular complexity index is 1040. The third kappa shape index (κ3) is 6.26. The van der Waals surface area contributed by atoms with Crippen LogP contribution in [0.1, 0.15) is 25.8 Å². The van der Waals surface area contributed by atoms with Crippen molar-refractivity contribution in [3.63, 3.8) is 0 Å². The van der Waals surface area contributed by atoms with Crippen molar-refractivity contribution in [1.29, 1.82) is 0 Å². The van der Waals surface area contributed by atoms with Crippen LogP contribution in [0, 0.1) is 0 Å². The van der Waals surface area contributed by atoms with E-state index in [-0.39, 0.29) is 6.54 Å². The third-order valence-electron chi connectivity index (χ3n) is 3.95. The summed E-state index contributed by atoms with van der Waals surface area (Å²) in [6.45, 7) is 4.76. The van der Waals surface area contributed by atoms with Gasteiger partial charge in [-0.25, -0.2) is 5.43 Å². The first kappa shape index (κ1) is 22.2. The summed E-state index contributed by atoms with van der Waals surface area (Å²) < 4.78 is 11.3. The fraction of sp³-hybridized carbons (Fsp3) is 0.286. The van der Waals surface area contributed by atoms with Gasteiger partial charge in [-0.1, -0.05) is 48.9 Å². The topological polar surface area (TPSA) is 104 Å². The number of hydrogen-bond acceptors (Lipinski definition) is 7. The zero-order valence-corrected chi connectivity index (χ0v) is 18.0. The molecule has 0 aliphatic rings. The van der Waals surface area contributed by atoms with E-state index in [9.17, 15) is 4.79 Å². The lowest BCUT2D eigenvalue weighted by Crippen LogP contribution is -2.24. The van der Waals surface area contributed by atoms with E-state index in [0.29, 0.717) is 41.1 Å². The van der Waals surface area contributed by atoms with Gasteiger partial charge in [0.2, 0.25) is 5.82 Å². The first-order valence-corrected chi connectivity index (χ1v) is 10.2. The van der Waals surface area contributed by atoms with Crippen molar-refractivity contribution in [3.8, 4) is 22.9 Å². The molecule has 3 rings (SSSR count). The Balaban J connectivity index is 1.61. The molecule has 0 radical (unpaired) electrons. The SMILES string of the molecule is CCCOc1c(Cl)cc(/C=N/NC(=O)Cn2nnc(-c3ccccc3)n2)cc1OCC. The smallest absolute Gasteiger partial charge is 0.263 e. The molecule has 1 heterocycles. The summed E-state index contributed by atoms with van der Waals surface area (Å²) in [5.41, 5.74) is 3.91. The maximum atomic E-state index is 12.1. The molecule has 162 valence electrons. The van der Waals surface area contributed by atoms with Crippen LogP contribution in [0.2, 0.25) is 5.02 Å². The number of halogens is 1. The maximum Gasteiger partial charge on any atom is 0.263 e. The zero-order chi connectivity index (χ0) is 22.1. The fourth-order valence-corrected chi connectivity index (χ4v) is 2.90. The molecule has 0 atom stereocenters. The summed E-state index contributed by atoms with van der Waals surface area (Å²) in [7, 11) is 0. The number of aromatic nitrogens is 4. The number of hydrogen-bond donors (Lipinski definition) is 1. The summed E-state index contributed by atoms with van der Waals surface area (Å²) in [4.78, 5) is 13.3. The lowest BCUT2D eigenvalue weighted by Gasteiger charge is -2.13. The van der Waals surface area contributed by atoms with Crippen molar-refractivity contribution in [2.75, 3.05) is 13.2 Å². The molecule has 1 aromatic heterocycles. The molecule has 0 saturated carbocycles. The van der Waals surface area contributed by atoms with Crippen molar-refractivity contribution < 1.29 is 14.3 Å². The van der Waals surface area contributed by atoms with Crippen LogP contribution in [-0.4, -0.2) is 45.5 Å². The predicted octanol–water partition coefficient (Wildman–Crippen LogP) is 3.33. The van der Waals surface area contributed by atoms with Gasteiger partial charge in [-0.2, -0.15) is 9.90 Å². The third-order valence-corrected chi connectivity index (χ3v) is 4.24. The number of benzene rings is 2. The van der Waals surface area contributed by atoms with Gasteiger partial charge >= 0.3 is 0 Å². The highest BCUT2D eigenvalue weighted by Crippen LogP contribution is 2.36. The van der Waals surface area contributed by atoms with Crippen LogP contribution >= 0.6 is 11.6 Å². The lowest BCUT2D eigenvalue weighted by atomic mass is 10.2. The van der Waals surface area contributed by atoms with Crippen LogP contribution in [0.4, 0.5) is 0 Å². The number of nitrogens with zero attached hydrogens (tertiary/aromatic N) is 5. The molecule has 0 bridgehead atoms. The van der Waals surface area contributed by atoms with Crippen LogP contribution in [-0.2, 0) is 11.3 Å². The fourth-order valence-electron chi connectivity index (χ4n) is 2.63. The molecule has 1 N–H and O–H groups in total. The average molecular weight is 443 g/mol. The van der Waals surface area contributed by atoms with Gasteiger partial charge < -0.3 is 9.47 Å². The number of rotatable bonds is 10. The Morgan fingerprint density at radius 1 is 1.23 bits per heavy atom. The second kappa shape index (κ2) is 11.1. The lowest BCUT2D eigenvalue weighted by molar-refractivity contribution is -0.122. The molecule has 0 saturated heterocycles. The van der Waals surface area contributed by atoms with Crippen LogP contribution in [0.5, 0.6) is 11.5 Å². The molecule has 1 amide bonds. The number of nitrogens with one attached hydrogen (secondary N) is 1. The number of ether oxygens (including phenoxy) is 2. The Labute approximate surface area is 185 Å². The van der Waals surface area contributed by atoms with Crippen molar-refractivity contribution in [1.82, 2.24) is 25.6 Å². The molecule has 0 spiro atoms. The van der Waals surface area contributed by atoms with Crippen LogP contribution < -0.4 is 14.9 Å². The van der Waals surface area contributed by atoms with Crippen LogP contribution in [0.15, 0.2) is 47.6 Å². The molecule has 0 fully saturated rings. The molecule has 9 nitrogen and oxygen atoms in total. The summed E-state index contributed by atoms with van der Waals surface area (Å²) >= 11 is 6.33. The van der Waals surface area contributed by atoms with Crippen molar-refractivity contribution in [2.45, 2.75) is 26.8 Å². The minimum atomic E-state index is -0.396. The van der Waals surface area contributed by atoms with Gasteiger partial charge in [0.1, 0.15) is 6.54 Å². The van der Waals surface area contributed by atoms with E-state index in [1.165, 1.54) is 11.0 Å². The molecule has 31 heavy (non-hydrogen) atoms. The van der Waals surface area contributed by atoms with Crippen LogP contribution in [0.3, 0.4) is 0 Å². The Hall–Kier alpha value is -3.46. The van der Waals surface area contributed by atoms with Gasteiger partial charge in [0.15, 0.2) is 11.5 Å². The van der Waals surface area contributed by atoms with E-state index in [2.05, 4.69) is 25.9 Å². The van der Waals surface area contributed by atoms with E-state index >= 15 is 0 Å². The van der Waals surface area contributed by atoms with E-state index in [1.807, 2.05) is 44.2 Å². The average Bonchev–Trinajstić information content (AvgIpc) is 3.22. The molecular formula is C21H23ClN6O3. The van der Waals surface area contributed by atoms with E-state index in [1.54, 1.807) is 12.1 Å². The first-order valence-electron chi connectivity index (χ1n) is 9.85. The Morgan fingerprint density at radius 3 is 2.77 bits per heavy atom. The number of amides is 1. The van der Waals surface area contributed by atoms with E-state index < -0.39 is 5.91 Å². The maximum absolute atomic E-state index is 12.1. The van der Waals surface area contributed by atoms with Gasteiger partial charge in [0.05, 0.1) is 24.5 Å². The minimum absolute atomic E-state index is 0.119. The molecule has 0 aliphatic heterocycles. The van der Waals surface area contributed by atoms with Crippen molar-refractivity contribution in [3.05, 3.63) is 53.1 Å². The highest BCUT2D eigenvalue weighted by Gasteiger charge is 2.12. The second-order valence-electron chi connectivity index (χ2n) is 6.41. The number of carbonyl (C=O) groups is 1. The summed E-state index contributed by atoms with van der Waals surface area (Å²) in [6.07, 6.45) is 2.32. The quantitative estimate of drug-likeness (QED) is 0.381. The minimum Gasteiger partial charge on any atom is -0.490 e. The Morgan fingerprint density at radius 2 is 2.03 bits per heavy atom. The monoisotopic (exact) mass is 442 g/mol. The van der Waals surface area contributed by atoms with Gasteiger partial charge in [-0.05, 0) is 36.3 Å². The van der Waals surface area contributed by atoms with Gasteiger partial charge in [0, 0.05) is 5.56 Å². The molecule has 0 aliphatic carbocycles. The number of hydrazone groups is 1. The summed E-state index contributed by atoms with van der Waals surface area (Å²) in [6, 6.07) is 12.8. The molecule has 2 aromatic carbocycles. The van der Waals surface area contributed by atoms with Crippen molar-refractivity contribution in [2.24, 2.45) is 5.10 Å². The van der Waals surface area contributed by atoms with Gasteiger partial charge in [0.25, 0.3) is 5.91 Å². The normalized spacial score (nSPS) is 10.9. The molecule has 3 aromatic rings. The number of tetrazole rings is 1. The van der Waals surface area contributed by atoms with E-state index in [4.69, 9.17) is 21.1 Å². The highest BCUT2D eigenvalue weighted by atomic mass is 35.5. The van der Waals surface area contributed by atoms with Crippen LogP contribution in [0.25, 0.3) is 11.4 Å². The standard InChI is InChI=1S/C21H23ClN6O3/c1-3-10-31-20-17(22)11-15(12-18(20)30-4-2)13-23-24-19(29)14-28-26-21(25-27-28)16-8-6-5-7-9-16/h5-9,11-13H,3-4,10,14H2,1-2H3,(H,24,29)/b23-13+. The van der Waals surface area contributed by atoms with Gasteiger partial charge in [-0.15, -0.1) is 10.2 Å². The van der Waals surface area contributed by atoms with Crippen molar-refractivity contribution >= 4 is 23.7 Å². The first-order chi connectivity index (χ1) is 15.1. The second-order valence-corrected chi connectivity index (χ2v) is 6.82. The Kier molecular flexibility index (Phi) is 7.94. The zero-order valence-electron chi connectivity index (χ0n) is 17.3. The molecule has 10 heteroatoms. The summed E-state index contributed by atoms with van der Waals surface area (Å²) in [5.74, 6) is 1.07. The predicted molar refractivity (Wildman–Crippen MR) is 117 cm³/mol. The number of carbonyl (C=O) groups excluding carboxylic acids is 1. The molecule has 0 unspecified atom stereocenters. The largest absolute Gasteiger partial charge is 0.490 e. The highest BCUT2D eigenvalue weighted by molar-refractivity contribution is 6.32. The van der Waals surface area contributed by atoms with E-state index in [0.717, 1.165) is 12.0 Å². The summed E-state index contributed by atoms with van der Waals surface area (Å²) in [5, 5.41) is 16.4. The van der Waals surface area contributed by atoms with Gasteiger partial charge in [-0.3, -0.25) is 4.79 Å². The molecular weight excluding hydrogens is 420 g/mol.